The van der Waals surface area contributed by atoms with Gasteiger partial charge in [-0.15, -0.1) is 0 Å². The van der Waals surface area contributed by atoms with Crippen LogP contribution in [-0.2, 0) is 4.79 Å². The number of carbonyl (C=O) groups excluding carboxylic acids is 1. The summed E-state index contributed by atoms with van der Waals surface area (Å²) in [5, 5.41) is 0. The summed E-state index contributed by atoms with van der Waals surface area (Å²) < 4.78 is 0. The van der Waals surface area contributed by atoms with Crippen LogP contribution in [0.5, 0.6) is 0 Å². The molecule has 1 aliphatic rings. The molecule has 1 heteroatoms. The minimum absolute atomic E-state index is 0.485. The Hall–Kier alpha value is -1.37. The van der Waals surface area contributed by atoms with Gasteiger partial charge in [0.1, 0.15) is 5.78 Å². The molecule has 1 fully saturated rings. The van der Waals surface area contributed by atoms with Gasteiger partial charge in [-0.2, -0.15) is 0 Å². The Balaban J connectivity index is 2.04. The number of carbonyl (C=O) groups is 1. The number of Topliss-reactive ketones (excluding diaryl/α,β-unsaturated/α-hetero) is 1. The van der Waals surface area contributed by atoms with Crippen LogP contribution in [0, 0.1) is 5.41 Å². The highest BCUT2D eigenvalue weighted by Gasteiger charge is 2.33. The summed E-state index contributed by atoms with van der Waals surface area (Å²) in [7, 11) is 0. The van der Waals surface area contributed by atoms with Gasteiger partial charge in [0.25, 0.3) is 0 Å². The Kier molecular flexibility index (Phi) is 28.3. The second kappa shape index (κ2) is 30.6. The monoisotopic (exact) mass is 595 g/mol. The van der Waals surface area contributed by atoms with E-state index in [2.05, 4.69) is 62.5 Å². The molecule has 1 nitrogen and oxygen atoms in total. The van der Waals surface area contributed by atoms with Crippen LogP contribution in [0.25, 0.3) is 0 Å². The molecule has 0 heterocycles. The number of hydrogen-bond donors (Lipinski definition) is 0. The normalized spacial score (nSPS) is 15.7. The molecule has 0 aromatic heterocycles. The number of ketones is 1. The Morgan fingerprint density at radius 1 is 0.442 bits per heavy atom. The first kappa shape index (κ1) is 39.7. The van der Waals surface area contributed by atoms with Crippen molar-refractivity contribution in [3.8, 4) is 0 Å². The van der Waals surface area contributed by atoms with Crippen molar-refractivity contribution in [3.63, 3.8) is 0 Å². The molecule has 0 radical (unpaired) electrons. The van der Waals surface area contributed by atoms with E-state index in [0.29, 0.717) is 11.2 Å². The van der Waals surface area contributed by atoms with E-state index in [4.69, 9.17) is 0 Å². The van der Waals surface area contributed by atoms with Gasteiger partial charge in [0.2, 0.25) is 0 Å². The molecular weight excluding hydrogens is 520 g/mol. The Labute approximate surface area is 270 Å². The lowest BCUT2D eigenvalue weighted by Gasteiger charge is -2.37. The lowest BCUT2D eigenvalue weighted by molar-refractivity contribution is -0.122. The molecule has 0 unspecified atom stereocenters. The first-order valence-electron chi connectivity index (χ1n) is 19.3. The van der Waals surface area contributed by atoms with Crippen LogP contribution in [-0.4, -0.2) is 5.78 Å². The van der Waals surface area contributed by atoms with Gasteiger partial charge in [-0.1, -0.05) is 152 Å². The van der Waals surface area contributed by atoms with Crippen molar-refractivity contribution in [2.45, 2.75) is 206 Å². The number of rotatable bonds is 30. The molecular formula is C42H74O. The second-order valence-electron chi connectivity index (χ2n) is 13.7. The first-order valence-corrected chi connectivity index (χ1v) is 19.3. The zero-order valence-corrected chi connectivity index (χ0v) is 29.2. The van der Waals surface area contributed by atoms with Crippen LogP contribution in [0.4, 0.5) is 0 Å². The Bertz CT molecular complexity index is 663. The first-order chi connectivity index (χ1) is 21.2. The van der Waals surface area contributed by atoms with E-state index in [1.54, 1.807) is 0 Å². The van der Waals surface area contributed by atoms with Gasteiger partial charge in [-0.05, 0) is 95.3 Å². The predicted molar refractivity (Wildman–Crippen MR) is 194 cm³/mol. The third-order valence-corrected chi connectivity index (χ3v) is 9.68. The van der Waals surface area contributed by atoms with Crippen molar-refractivity contribution in [2.75, 3.05) is 0 Å². The highest BCUT2D eigenvalue weighted by atomic mass is 16.1. The average Bonchev–Trinajstić information content (AvgIpc) is 3.02. The molecule has 1 aliphatic carbocycles. The molecule has 248 valence electrons. The van der Waals surface area contributed by atoms with E-state index in [1.165, 1.54) is 167 Å². The van der Waals surface area contributed by atoms with E-state index in [1.807, 2.05) is 0 Å². The third kappa shape index (κ3) is 25.6. The minimum atomic E-state index is 0.485. The summed E-state index contributed by atoms with van der Waals surface area (Å²) in [4.78, 5) is 12.0. The van der Waals surface area contributed by atoms with E-state index in [-0.39, 0.29) is 0 Å². The quantitative estimate of drug-likeness (QED) is 0.0597. The van der Waals surface area contributed by atoms with Gasteiger partial charge in [-0.3, -0.25) is 4.79 Å². The van der Waals surface area contributed by atoms with Gasteiger partial charge in [-0.25, -0.2) is 0 Å². The molecule has 0 atom stereocenters. The van der Waals surface area contributed by atoms with Crippen molar-refractivity contribution in [3.05, 3.63) is 48.6 Å². The van der Waals surface area contributed by atoms with Gasteiger partial charge in [0, 0.05) is 12.8 Å². The molecule has 43 heavy (non-hydrogen) atoms. The fraction of sp³-hybridized carbons (Fsp3) is 0.786. The molecule has 0 saturated heterocycles. The fourth-order valence-electron chi connectivity index (χ4n) is 6.66. The summed E-state index contributed by atoms with van der Waals surface area (Å²) in [5.41, 5.74) is 0.485. The predicted octanol–water partition coefficient (Wildman–Crippen LogP) is 14.5. The lowest BCUT2D eigenvalue weighted by atomic mass is 9.67. The summed E-state index contributed by atoms with van der Waals surface area (Å²) >= 11 is 0. The average molecular weight is 595 g/mol. The number of hydrogen-bond acceptors (Lipinski definition) is 1. The molecule has 1 rings (SSSR count). The maximum absolute atomic E-state index is 12.0. The van der Waals surface area contributed by atoms with Crippen molar-refractivity contribution in [1.29, 1.82) is 0 Å². The highest BCUT2D eigenvalue weighted by molar-refractivity contribution is 5.79. The van der Waals surface area contributed by atoms with Gasteiger partial charge < -0.3 is 0 Å². The van der Waals surface area contributed by atoms with Gasteiger partial charge in [0.15, 0.2) is 0 Å². The third-order valence-electron chi connectivity index (χ3n) is 9.68. The smallest absolute Gasteiger partial charge is 0.132 e. The fourth-order valence-corrected chi connectivity index (χ4v) is 6.66. The van der Waals surface area contributed by atoms with Crippen molar-refractivity contribution >= 4 is 5.78 Å². The number of allylic oxidation sites excluding steroid dienone is 8. The van der Waals surface area contributed by atoms with Gasteiger partial charge >= 0.3 is 0 Å². The highest BCUT2D eigenvalue weighted by Crippen LogP contribution is 2.44. The van der Waals surface area contributed by atoms with E-state index < -0.39 is 0 Å². The summed E-state index contributed by atoms with van der Waals surface area (Å²) in [5.74, 6) is 0.518. The maximum atomic E-state index is 12.0. The van der Waals surface area contributed by atoms with E-state index in [9.17, 15) is 4.79 Å². The summed E-state index contributed by atoms with van der Waals surface area (Å²) in [6.45, 7) is 4.54. The number of unbranched alkanes of at least 4 members (excludes halogenated alkanes) is 18. The van der Waals surface area contributed by atoms with Crippen LogP contribution in [0.1, 0.15) is 206 Å². The standard InChI is InChI=1S/C42H74O/c1-3-5-7-9-11-13-15-17-19-21-23-25-27-29-31-33-37-42(39-35-41(43)36-40-42)38-34-32-30-28-26-24-22-20-18-16-14-12-10-8-6-4-2/h11-14,17-20H,3-10,15-16,21-40H2,1-2H3/b13-11-,14-12-,19-17-,20-18-. The zero-order valence-electron chi connectivity index (χ0n) is 29.2. The Morgan fingerprint density at radius 2 is 0.767 bits per heavy atom. The van der Waals surface area contributed by atoms with Crippen LogP contribution >= 0.6 is 0 Å². The molecule has 0 N–H and O–H groups in total. The second-order valence-corrected chi connectivity index (χ2v) is 13.7. The molecule has 0 aromatic carbocycles. The van der Waals surface area contributed by atoms with E-state index >= 15 is 0 Å². The van der Waals surface area contributed by atoms with Crippen molar-refractivity contribution in [2.24, 2.45) is 5.41 Å². The SMILES string of the molecule is CCCCC/C=C\C/C=C\CCCCCCCCC1(CCCCCCCC/C=C\C/C=C\CCCCC)CCC(=O)CC1. The van der Waals surface area contributed by atoms with Crippen molar-refractivity contribution in [1.82, 2.24) is 0 Å². The topological polar surface area (TPSA) is 17.1 Å². The van der Waals surface area contributed by atoms with Crippen LogP contribution in [0.15, 0.2) is 48.6 Å². The molecule has 1 saturated carbocycles. The maximum Gasteiger partial charge on any atom is 0.132 e. The molecule has 0 aliphatic heterocycles. The lowest BCUT2D eigenvalue weighted by Crippen LogP contribution is -2.27. The van der Waals surface area contributed by atoms with Crippen LogP contribution in [0.3, 0.4) is 0 Å². The van der Waals surface area contributed by atoms with Crippen LogP contribution < -0.4 is 0 Å². The van der Waals surface area contributed by atoms with Gasteiger partial charge in [0.05, 0.1) is 0 Å². The van der Waals surface area contributed by atoms with E-state index in [0.717, 1.165) is 25.7 Å². The zero-order chi connectivity index (χ0) is 30.9. The summed E-state index contributed by atoms with van der Waals surface area (Å²) in [6, 6.07) is 0. The Morgan fingerprint density at radius 3 is 1.14 bits per heavy atom. The largest absolute Gasteiger partial charge is 0.300 e. The molecule has 0 amide bonds. The molecule has 0 bridgehead atoms. The minimum Gasteiger partial charge on any atom is -0.300 e. The molecule has 0 spiro atoms. The summed E-state index contributed by atoms with van der Waals surface area (Å²) in [6.07, 6.45) is 57.4. The van der Waals surface area contributed by atoms with Crippen LogP contribution in [0.2, 0.25) is 0 Å². The molecule has 0 aromatic rings. The van der Waals surface area contributed by atoms with Crippen molar-refractivity contribution < 1.29 is 4.79 Å².